The van der Waals surface area contributed by atoms with Gasteiger partial charge in [-0.15, -0.1) is 0 Å². The largest absolute Gasteiger partial charge is 0.453 e. The van der Waals surface area contributed by atoms with Gasteiger partial charge < -0.3 is 30.3 Å². The number of carbonyl (C=O) groups is 1. The van der Waals surface area contributed by atoms with Crippen molar-refractivity contribution in [1.82, 2.24) is 24.6 Å². The van der Waals surface area contributed by atoms with Crippen molar-refractivity contribution < 1.29 is 14.3 Å². The molecule has 0 bridgehead atoms. The number of fused-ring (bicyclic) bond motifs is 2. The summed E-state index contributed by atoms with van der Waals surface area (Å²) in [6, 6.07) is 11.3. The van der Waals surface area contributed by atoms with E-state index < -0.39 is 0 Å². The Labute approximate surface area is 232 Å². The summed E-state index contributed by atoms with van der Waals surface area (Å²) >= 11 is 0. The number of rotatable bonds is 7. The average Bonchev–Trinajstić information content (AvgIpc) is 3.70. The molecule has 0 unspecified atom stereocenters. The zero-order valence-corrected chi connectivity index (χ0v) is 22.8. The standard InChI is InChI=1S/C29H32N8O3/c1-4-13-36-14-5-6-20(36)15-37-28-23(27(30)31-16-32-28)24(34-37)21-11-12-22(26-25(21)39-17-40-26)33-29(38)18-7-9-19(10-8-18)35(2)3/h4,7-13,16,20H,5-6,14-15,17H2,1-3H3,(H,33,38)(H2,30,31,32)/t20-/m1/s1. The lowest BCUT2D eigenvalue weighted by Gasteiger charge is -2.22. The molecule has 0 spiro atoms. The fraction of sp³-hybridized carbons (Fsp3) is 0.310. The number of nitrogens with two attached hydrogens (primary N) is 1. The molecule has 6 rings (SSSR count). The molecule has 1 amide bonds. The van der Waals surface area contributed by atoms with Crippen LogP contribution >= 0.6 is 0 Å². The second-order valence-electron chi connectivity index (χ2n) is 10.1. The molecule has 206 valence electrons. The van der Waals surface area contributed by atoms with E-state index in [4.69, 9.17) is 20.3 Å². The van der Waals surface area contributed by atoms with Crippen molar-refractivity contribution in [3.63, 3.8) is 0 Å². The molecule has 2 aliphatic heterocycles. The minimum absolute atomic E-state index is 0.0256. The van der Waals surface area contributed by atoms with Crippen LogP contribution < -0.4 is 25.4 Å². The van der Waals surface area contributed by atoms with E-state index in [9.17, 15) is 4.79 Å². The van der Waals surface area contributed by atoms with E-state index in [0.29, 0.717) is 63.4 Å². The zero-order chi connectivity index (χ0) is 27.8. The fourth-order valence-corrected chi connectivity index (χ4v) is 5.37. The molecule has 1 fully saturated rings. The van der Waals surface area contributed by atoms with E-state index in [-0.39, 0.29) is 12.7 Å². The first-order valence-electron chi connectivity index (χ1n) is 13.3. The van der Waals surface area contributed by atoms with Gasteiger partial charge in [-0.1, -0.05) is 6.08 Å². The molecular weight excluding hydrogens is 508 g/mol. The van der Waals surface area contributed by atoms with Gasteiger partial charge in [0.2, 0.25) is 6.79 Å². The molecule has 0 saturated carbocycles. The molecule has 3 N–H and O–H groups in total. The van der Waals surface area contributed by atoms with Crippen LogP contribution in [0.3, 0.4) is 0 Å². The van der Waals surface area contributed by atoms with Crippen molar-refractivity contribution in [2.45, 2.75) is 32.4 Å². The Kier molecular flexibility index (Phi) is 6.63. The van der Waals surface area contributed by atoms with Gasteiger partial charge in [-0.25, -0.2) is 14.6 Å². The molecule has 40 heavy (non-hydrogen) atoms. The van der Waals surface area contributed by atoms with Crippen molar-refractivity contribution in [1.29, 1.82) is 0 Å². The molecule has 2 aliphatic rings. The summed E-state index contributed by atoms with van der Waals surface area (Å²) in [6.45, 7) is 3.74. The quantitative estimate of drug-likeness (QED) is 0.356. The van der Waals surface area contributed by atoms with E-state index in [1.807, 2.05) is 48.8 Å². The molecule has 11 nitrogen and oxygen atoms in total. The molecule has 2 aromatic carbocycles. The first kappa shape index (κ1) is 25.5. The van der Waals surface area contributed by atoms with Crippen LogP contribution in [0.5, 0.6) is 11.5 Å². The van der Waals surface area contributed by atoms with Crippen LogP contribution in [0.25, 0.3) is 22.3 Å². The number of allylic oxidation sites excluding steroid dienone is 1. The Morgan fingerprint density at radius 2 is 1.95 bits per heavy atom. The first-order valence-corrected chi connectivity index (χ1v) is 13.3. The third kappa shape index (κ3) is 4.53. The molecule has 0 aliphatic carbocycles. The number of hydrogen-bond acceptors (Lipinski definition) is 9. The van der Waals surface area contributed by atoms with Gasteiger partial charge >= 0.3 is 0 Å². The number of nitrogen functional groups attached to an aromatic ring is 1. The Balaban J connectivity index is 1.35. The van der Waals surface area contributed by atoms with Crippen molar-refractivity contribution in [2.24, 2.45) is 0 Å². The highest BCUT2D eigenvalue weighted by Crippen LogP contribution is 2.48. The summed E-state index contributed by atoms with van der Waals surface area (Å²) in [5.41, 5.74) is 10.4. The van der Waals surface area contributed by atoms with Gasteiger partial charge in [-0.2, -0.15) is 5.10 Å². The molecule has 1 saturated heterocycles. The number of amides is 1. The van der Waals surface area contributed by atoms with Crippen LogP contribution in [0.4, 0.5) is 17.2 Å². The lowest BCUT2D eigenvalue weighted by molar-refractivity contribution is 0.102. The third-order valence-electron chi connectivity index (χ3n) is 7.37. The van der Waals surface area contributed by atoms with Crippen molar-refractivity contribution in [3.05, 3.63) is 60.6 Å². The monoisotopic (exact) mass is 540 g/mol. The van der Waals surface area contributed by atoms with Crippen molar-refractivity contribution in [3.8, 4) is 22.8 Å². The normalized spacial score (nSPS) is 16.3. The third-order valence-corrected chi connectivity index (χ3v) is 7.37. The van der Waals surface area contributed by atoms with E-state index in [1.54, 1.807) is 18.2 Å². The summed E-state index contributed by atoms with van der Waals surface area (Å²) in [5, 5.41) is 8.59. The Hall–Kier alpha value is -4.80. The Morgan fingerprint density at radius 1 is 1.15 bits per heavy atom. The number of benzene rings is 2. The molecular formula is C29H32N8O3. The molecule has 4 heterocycles. The van der Waals surface area contributed by atoms with E-state index in [1.165, 1.54) is 6.33 Å². The number of aromatic nitrogens is 4. The second kappa shape index (κ2) is 10.4. The Bertz CT molecular complexity index is 1600. The fourth-order valence-electron chi connectivity index (χ4n) is 5.37. The Morgan fingerprint density at radius 3 is 2.73 bits per heavy atom. The number of anilines is 3. The highest BCUT2D eigenvalue weighted by molar-refractivity contribution is 6.06. The van der Waals surface area contributed by atoms with Crippen LogP contribution in [0.1, 0.15) is 30.1 Å². The highest BCUT2D eigenvalue weighted by atomic mass is 16.7. The predicted molar refractivity (Wildman–Crippen MR) is 155 cm³/mol. The number of nitrogens with zero attached hydrogens (tertiary/aromatic N) is 6. The van der Waals surface area contributed by atoms with Gasteiger partial charge in [-0.05, 0) is 62.4 Å². The van der Waals surface area contributed by atoms with Gasteiger partial charge in [0, 0.05) is 43.5 Å². The number of carbonyl (C=O) groups excluding carboxylic acids is 1. The van der Waals surface area contributed by atoms with Crippen LogP contribution in [0, 0.1) is 0 Å². The lowest BCUT2D eigenvalue weighted by Crippen LogP contribution is -2.29. The summed E-state index contributed by atoms with van der Waals surface area (Å²) in [5.74, 6) is 1.04. The topological polar surface area (TPSA) is 124 Å². The maximum absolute atomic E-state index is 13.0. The highest BCUT2D eigenvalue weighted by Gasteiger charge is 2.29. The molecule has 1 atom stereocenters. The minimum Gasteiger partial charge on any atom is -0.453 e. The van der Waals surface area contributed by atoms with E-state index >= 15 is 0 Å². The lowest BCUT2D eigenvalue weighted by atomic mass is 10.1. The second-order valence-corrected chi connectivity index (χ2v) is 10.1. The predicted octanol–water partition coefficient (Wildman–Crippen LogP) is 4.12. The number of nitrogens with one attached hydrogen (secondary N) is 1. The van der Waals surface area contributed by atoms with Gasteiger partial charge in [0.05, 0.1) is 17.6 Å². The summed E-state index contributed by atoms with van der Waals surface area (Å²) in [7, 11) is 3.91. The smallest absolute Gasteiger partial charge is 0.255 e. The van der Waals surface area contributed by atoms with Crippen LogP contribution in [0.15, 0.2) is 55.0 Å². The number of hydrogen-bond donors (Lipinski definition) is 2. The summed E-state index contributed by atoms with van der Waals surface area (Å²) < 4.78 is 13.6. The maximum Gasteiger partial charge on any atom is 0.255 e. The van der Waals surface area contributed by atoms with Crippen LogP contribution in [-0.2, 0) is 6.54 Å². The van der Waals surface area contributed by atoms with E-state index in [2.05, 4.69) is 32.5 Å². The van der Waals surface area contributed by atoms with Gasteiger partial charge in [0.1, 0.15) is 17.8 Å². The first-order chi connectivity index (χ1) is 19.4. The van der Waals surface area contributed by atoms with Crippen molar-refractivity contribution >= 4 is 34.1 Å². The van der Waals surface area contributed by atoms with Gasteiger partial charge in [-0.3, -0.25) is 4.79 Å². The molecule has 4 aromatic rings. The van der Waals surface area contributed by atoms with Crippen LogP contribution in [-0.4, -0.2) is 64.0 Å². The van der Waals surface area contributed by atoms with E-state index in [0.717, 1.165) is 25.1 Å². The maximum atomic E-state index is 13.0. The minimum atomic E-state index is -0.245. The summed E-state index contributed by atoms with van der Waals surface area (Å²) in [6.07, 6.45) is 7.86. The molecule has 11 heteroatoms. The van der Waals surface area contributed by atoms with Crippen molar-refractivity contribution in [2.75, 3.05) is 43.4 Å². The number of likely N-dealkylation sites (tertiary alicyclic amines) is 1. The summed E-state index contributed by atoms with van der Waals surface area (Å²) in [4.78, 5) is 26.1. The average molecular weight is 541 g/mol. The van der Waals surface area contributed by atoms with Gasteiger partial charge in [0.15, 0.2) is 17.1 Å². The number of ether oxygens (including phenoxy) is 2. The molecule has 0 radical (unpaired) electrons. The van der Waals surface area contributed by atoms with Gasteiger partial charge in [0.25, 0.3) is 5.91 Å². The zero-order valence-electron chi connectivity index (χ0n) is 22.8. The SMILES string of the molecule is CC=CN1CCC[C@@H]1Cn1nc(-c2ccc(NC(=O)c3ccc(N(C)C)cc3)c3c2OCO3)c2c(N)ncnc21. The molecule has 2 aromatic heterocycles. The van der Waals surface area contributed by atoms with Crippen LogP contribution in [0.2, 0.25) is 0 Å².